The topological polar surface area (TPSA) is 105 Å². The van der Waals surface area contributed by atoms with Crippen molar-refractivity contribution >= 4 is 23.0 Å². The summed E-state index contributed by atoms with van der Waals surface area (Å²) in [7, 11) is 0. The SMILES string of the molecule is CCOC(=O)CO[C@H]1CC[C@H](n2cnc3c(N)ncnc32)C1. The van der Waals surface area contributed by atoms with Crippen molar-refractivity contribution < 1.29 is 14.3 Å². The molecule has 2 atom stereocenters. The molecule has 3 rings (SSSR count). The third kappa shape index (κ3) is 2.87. The van der Waals surface area contributed by atoms with Crippen molar-refractivity contribution in [3.8, 4) is 0 Å². The number of nitrogens with zero attached hydrogens (tertiary/aromatic N) is 4. The van der Waals surface area contributed by atoms with Gasteiger partial charge in [-0.05, 0) is 26.2 Å². The minimum absolute atomic E-state index is 0.00498. The molecule has 1 aliphatic carbocycles. The van der Waals surface area contributed by atoms with E-state index < -0.39 is 0 Å². The van der Waals surface area contributed by atoms with Crippen LogP contribution in [-0.2, 0) is 14.3 Å². The Balaban J connectivity index is 1.64. The highest BCUT2D eigenvalue weighted by Crippen LogP contribution is 2.33. The number of carbonyl (C=O) groups is 1. The van der Waals surface area contributed by atoms with Crippen LogP contribution >= 0.6 is 0 Å². The molecule has 118 valence electrons. The van der Waals surface area contributed by atoms with Crippen molar-refractivity contribution in [3.63, 3.8) is 0 Å². The minimum Gasteiger partial charge on any atom is -0.464 e. The number of nitrogens with two attached hydrogens (primary N) is 1. The van der Waals surface area contributed by atoms with Gasteiger partial charge in [0.1, 0.15) is 18.5 Å². The molecule has 0 aromatic carbocycles. The predicted molar refractivity (Wildman–Crippen MR) is 79.0 cm³/mol. The van der Waals surface area contributed by atoms with Crippen molar-refractivity contribution in [3.05, 3.63) is 12.7 Å². The van der Waals surface area contributed by atoms with E-state index in [0.717, 1.165) is 24.9 Å². The monoisotopic (exact) mass is 305 g/mol. The van der Waals surface area contributed by atoms with Crippen molar-refractivity contribution in [1.82, 2.24) is 19.5 Å². The summed E-state index contributed by atoms with van der Waals surface area (Å²) in [6.45, 7) is 2.16. The summed E-state index contributed by atoms with van der Waals surface area (Å²) in [5.74, 6) is 0.0661. The Labute approximate surface area is 127 Å². The molecule has 0 unspecified atom stereocenters. The van der Waals surface area contributed by atoms with Crippen LogP contribution < -0.4 is 5.73 Å². The highest BCUT2D eigenvalue weighted by atomic mass is 16.6. The first-order valence-corrected chi connectivity index (χ1v) is 7.39. The van der Waals surface area contributed by atoms with E-state index in [0.29, 0.717) is 17.9 Å². The van der Waals surface area contributed by atoms with Crippen LogP contribution in [0, 0.1) is 0 Å². The lowest BCUT2D eigenvalue weighted by Gasteiger charge is -2.14. The van der Waals surface area contributed by atoms with Crippen LogP contribution in [-0.4, -0.2) is 44.8 Å². The van der Waals surface area contributed by atoms with Crippen LogP contribution in [0.2, 0.25) is 0 Å². The summed E-state index contributed by atoms with van der Waals surface area (Å²) in [6.07, 6.45) is 5.89. The molecular weight excluding hydrogens is 286 g/mol. The summed E-state index contributed by atoms with van der Waals surface area (Å²) in [5.41, 5.74) is 7.16. The molecule has 0 spiro atoms. The molecule has 1 aliphatic rings. The third-order valence-corrected chi connectivity index (χ3v) is 3.88. The fourth-order valence-corrected chi connectivity index (χ4v) is 2.85. The van der Waals surface area contributed by atoms with Gasteiger partial charge in [0.2, 0.25) is 0 Å². The molecule has 2 heterocycles. The molecule has 2 aromatic rings. The van der Waals surface area contributed by atoms with Gasteiger partial charge in [0, 0.05) is 6.04 Å². The molecule has 8 nitrogen and oxygen atoms in total. The van der Waals surface area contributed by atoms with E-state index in [2.05, 4.69) is 15.0 Å². The van der Waals surface area contributed by atoms with Gasteiger partial charge in [-0.1, -0.05) is 0 Å². The third-order valence-electron chi connectivity index (χ3n) is 3.88. The van der Waals surface area contributed by atoms with Gasteiger partial charge in [0.15, 0.2) is 11.5 Å². The highest BCUT2D eigenvalue weighted by Gasteiger charge is 2.28. The molecule has 0 aliphatic heterocycles. The van der Waals surface area contributed by atoms with E-state index in [1.807, 2.05) is 4.57 Å². The number of anilines is 1. The van der Waals surface area contributed by atoms with Crippen LogP contribution in [0.4, 0.5) is 5.82 Å². The van der Waals surface area contributed by atoms with Gasteiger partial charge in [-0.15, -0.1) is 0 Å². The van der Waals surface area contributed by atoms with E-state index >= 15 is 0 Å². The number of imidazole rings is 1. The summed E-state index contributed by atoms with van der Waals surface area (Å²) < 4.78 is 12.5. The van der Waals surface area contributed by atoms with Gasteiger partial charge in [0.05, 0.1) is 19.0 Å². The average molecular weight is 305 g/mol. The average Bonchev–Trinajstić information content (AvgIpc) is 3.12. The van der Waals surface area contributed by atoms with E-state index in [1.165, 1.54) is 6.33 Å². The Kier molecular flexibility index (Phi) is 4.19. The van der Waals surface area contributed by atoms with Crippen molar-refractivity contribution in [2.45, 2.75) is 38.3 Å². The number of fused-ring (bicyclic) bond motifs is 1. The summed E-state index contributed by atoms with van der Waals surface area (Å²) >= 11 is 0. The van der Waals surface area contributed by atoms with Gasteiger partial charge in [0.25, 0.3) is 0 Å². The van der Waals surface area contributed by atoms with Crippen LogP contribution in [0.25, 0.3) is 11.2 Å². The quantitative estimate of drug-likeness (QED) is 0.824. The standard InChI is InChI=1S/C14H19N5O3/c1-2-21-11(20)6-22-10-4-3-9(5-10)19-8-18-12-13(15)16-7-17-14(12)19/h7-10H,2-6H2,1H3,(H2,15,16,17)/t9-,10-/m0/s1. The maximum Gasteiger partial charge on any atom is 0.332 e. The Bertz CT molecular complexity index is 672. The Hall–Kier alpha value is -2.22. The number of nitrogen functional groups attached to an aromatic ring is 1. The number of esters is 1. The highest BCUT2D eigenvalue weighted by molar-refractivity contribution is 5.81. The molecule has 1 fully saturated rings. The fourth-order valence-electron chi connectivity index (χ4n) is 2.85. The van der Waals surface area contributed by atoms with Gasteiger partial charge < -0.3 is 19.8 Å². The molecule has 2 aromatic heterocycles. The second kappa shape index (κ2) is 6.27. The zero-order chi connectivity index (χ0) is 15.5. The van der Waals surface area contributed by atoms with Gasteiger partial charge in [-0.3, -0.25) is 0 Å². The van der Waals surface area contributed by atoms with E-state index in [4.69, 9.17) is 15.2 Å². The number of hydrogen-bond donors (Lipinski definition) is 1. The van der Waals surface area contributed by atoms with Crippen molar-refractivity contribution in [1.29, 1.82) is 0 Å². The molecule has 0 amide bonds. The minimum atomic E-state index is -0.320. The number of rotatable bonds is 5. The van der Waals surface area contributed by atoms with Crippen LogP contribution in [0.3, 0.4) is 0 Å². The molecule has 0 saturated heterocycles. The van der Waals surface area contributed by atoms with E-state index in [-0.39, 0.29) is 24.7 Å². The lowest BCUT2D eigenvalue weighted by atomic mass is 10.2. The zero-order valence-electron chi connectivity index (χ0n) is 12.4. The number of ether oxygens (including phenoxy) is 2. The van der Waals surface area contributed by atoms with Gasteiger partial charge in [-0.25, -0.2) is 19.7 Å². The Morgan fingerprint density at radius 2 is 2.27 bits per heavy atom. The zero-order valence-corrected chi connectivity index (χ0v) is 12.4. The van der Waals surface area contributed by atoms with E-state index in [1.54, 1.807) is 13.3 Å². The first-order chi connectivity index (χ1) is 10.7. The smallest absolute Gasteiger partial charge is 0.332 e. The van der Waals surface area contributed by atoms with Crippen LogP contribution in [0.5, 0.6) is 0 Å². The maximum atomic E-state index is 11.3. The van der Waals surface area contributed by atoms with E-state index in [9.17, 15) is 4.79 Å². The first-order valence-electron chi connectivity index (χ1n) is 7.39. The fraction of sp³-hybridized carbons (Fsp3) is 0.571. The Morgan fingerprint density at radius 1 is 1.41 bits per heavy atom. The second-order valence-electron chi connectivity index (χ2n) is 5.29. The van der Waals surface area contributed by atoms with Crippen LogP contribution in [0.15, 0.2) is 12.7 Å². The van der Waals surface area contributed by atoms with Crippen molar-refractivity contribution in [2.24, 2.45) is 0 Å². The summed E-state index contributed by atoms with van der Waals surface area (Å²) in [5, 5.41) is 0. The Morgan fingerprint density at radius 3 is 3.09 bits per heavy atom. The molecule has 2 N–H and O–H groups in total. The molecule has 8 heteroatoms. The molecule has 1 saturated carbocycles. The lowest BCUT2D eigenvalue weighted by molar-refractivity contribution is -0.150. The van der Waals surface area contributed by atoms with Crippen LogP contribution in [0.1, 0.15) is 32.2 Å². The predicted octanol–water partition coefficient (Wildman–Crippen LogP) is 1.08. The summed E-state index contributed by atoms with van der Waals surface area (Å²) in [6, 6.07) is 0.242. The van der Waals surface area contributed by atoms with Crippen molar-refractivity contribution in [2.75, 3.05) is 18.9 Å². The number of carbonyl (C=O) groups excluding carboxylic acids is 1. The molecule has 22 heavy (non-hydrogen) atoms. The largest absolute Gasteiger partial charge is 0.464 e. The van der Waals surface area contributed by atoms with Gasteiger partial charge >= 0.3 is 5.97 Å². The number of aromatic nitrogens is 4. The molecule has 0 bridgehead atoms. The normalized spacial score (nSPS) is 21.3. The molecular formula is C14H19N5O3. The summed E-state index contributed by atoms with van der Waals surface area (Å²) in [4.78, 5) is 23.8. The molecule has 0 radical (unpaired) electrons. The maximum absolute atomic E-state index is 11.3. The first kappa shape index (κ1) is 14.7. The van der Waals surface area contributed by atoms with Gasteiger partial charge in [-0.2, -0.15) is 0 Å². The number of hydrogen-bond acceptors (Lipinski definition) is 7. The lowest BCUT2D eigenvalue weighted by Crippen LogP contribution is -2.18. The second-order valence-corrected chi connectivity index (χ2v) is 5.29.